The van der Waals surface area contributed by atoms with Crippen LogP contribution in [0.5, 0.6) is 17.2 Å². The summed E-state index contributed by atoms with van der Waals surface area (Å²) in [5.41, 5.74) is 1.42. The van der Waals surface area contributed by atoms with E-state index in [0.717, 1.165) is 5.56 Å². The van der Waals surface area contributed by atoms with Gasteiger partial charge in [0.05, 0.1) is 19.4 Å². The second kappa shape index (κ2) is 8.23. The Morgan fingerprint density at radius 2 is 1.83 bits per heavy atom. The number of aliphatic carboxylic acids is 1. The van der Waals surface area contributed by atoms with E-state index in [4.69, 9.17) is 14.6 Å². The maximum absolute atomic E-state index is 13.2. The molecule has 3 rings (SSSR count). The second-order valence-electron chi connectivity index (χ2n) is 7.11. The Labute approximate surface area is 166 Å². The van der Waals surface area contributed by atoms with Gasteiger partial charge in [-0.15, -0.1) is 0 Å². The quantitative estimate of drug-likeness (QED) is 0.725. The van der Waals surface area contributed by atoms with Crippen LogP contribution in [0.3, 0.4) is 0 Å². The van der Waals surface area contributed by atoms with E-state index in [9.17, 15) is 18.0 Å². The van der Waals surface area contributed by atoms with Crippen LogP contribution < -0.4 is 14.4 Å². The Balaban J connectivity index is 1.76. The molecule has 0 aromatic heterocycles. The molecule has 1 fully saturated rings. The molecule has 0 radical (unpaired) electrons. The molecule has 1 aliphatic heterocycles. The molecule has 156 valence electrons. The van der Waals surface area contributed by atoms with Crippen molar-refractivity contribution in [3.63, 3.8) is 0 Å². The molecule has 2 atom stereocenters. The van der Waals surface area contributed by atoms with Crippen molar-refractivity contribution < 1.29 is 32.5 Å². The number of alkyl halides is 3. The van der Waals surface area contributed by atoms with Crippen LogP contribution in [0.1, 0.15) is 18.4 Å². The van der Waals surface area contributed by atoms with E-state index in [-0.39, 0.29) is 19.4 Å². The fraction of sp³-hybridized carbons (Fsp3) is 0.381. The minimum absolute atomic E-state index is 0.223. The number of hydrogen-bond acceptors (Lipinski definition) is 4. The van der Waals surface area contributed by atoms with Gasteiger partial charge in [0, 0.05) is 18.3 Å². The van der Waals surface area contributed by atoms with E-state index >= 15 is 0 Å². The first-order valence-electron chi connectivity index (χ1n) is 9.15. The number of hydrogen-bond donors (Lipinski definition) is 1. The lowest BCUT2D eigenvalue weighted by Crippen LogP contribution is -2.32. The maximum Gasteiger partial charge on any atom is 0.393 e. The molecule has 0 saturated carbocycles. The molecule has 1 N–H and O–H groups in total. The molecule has 8 heteroatoms. The normalized spacial score (nSPS) is 19.3. The Kier molecular flexibility index (Phi) is 5.91. The van der Waals surface area contributed by atoms with Crippen LogP contribution in [-0.4, -0.2) is 36.9 Å². The van der Waals surface area contributed by atoms with E-state index in [2.05, 4.69) is 0 Å². The summed E-state index contributed by atoms with van der Waals surface area (Å²) in [5, 5.41) is 9.06. The molecule has 0 amide bonds. The van der Waals surface area contributed by atoms with Crippen LogP contribution in [-0.2, 0) is 4.79 Å². The predicted octanol–water partition coefficient (Wildman–Crippen LogP) is 5.03. The Morgan fingerprint density at radius 3 is 2.38 bits per heavy atom. The van der Waals surface area contributed by atoms with Crippen molar-refractivity contribution in [3.05, 3.63) is 48.0 Å². The van der Waals surface area contributed by atoms with Gasteiger partial charge in [-0.3, -0.25) is 4.79 Å². The van der Waals surface area contributed by atoms with Gasteiger partial charge in [0.1, 0.15) is 17.2 Å². The van der Waals surface area contributed by atoms with Crippen LogP contribution in [0.15, 0.2) is 42.5 Å². The minimum atomic E-state index is -4.35. The summed E-state index contributed by atoms with van der Waals surface area (Å²) in [6.45, 7) is 1.63. The molecule has 5 nitrogen and oxygen atoms in total. The zero-order valence-corrected chi connectivity index (χ0v) is 16.1. The third-order valence-electron chi connectivity index (χ3n) is 5.07. The number of methoxy groups -OCH3 is 1. The lowest BCUT2D eigenvalue weighted by Gasteiger charge is -2.26. The highest BCUT2D eigenvalue weighted by molar-refractivity contribution is 5.69. The van der Waals surface area contributed by atoms with Crippen LogP contribution in [0.25, 0.3) is 0 Å². The predicted molar refractivity (Wildman–Crippen MR) is 102 cm³/mol. The third-order valence-corrected chi connectivity index (χ3v) is 5.07. The number of benzene rings is 2. The maximum atomic E-state index is 13.2. The molecule has 1 saturated heterocycles. The van der Waals surface area contributed by atoms with Crippen molar-refractivity contribution in [3.8, 4) is 17.2 Å². The fourth-order valence-corrected chi connectivity index (χ4v) is 3.56. The molecular weight excluding hydrogens is 387 g/mol. The lowest BCUT2D eigenvalue weighted by molar-refractivity contribution is -0.169. The summed E-state index contributed by atoms with van der Waals surface area (Å²) >= 11 is 0. The van der Waals surface area contributed by atoms with Gasteiger partial charge in [-0.1, -0.05) is 0 Å². The lowest BCUT2D eigenvalue weighted by atomic mass is 10.0. The van der Waals surface area contributed by atoms with Crippen molar-refractivity contribution in [2.24, 2.45) is 5.92 Å². The van der Waals surface area contributed by atoms with Gasteiger partial charge in [-0.25, -0.2) is 0 Å². The monoisotopic (exact) mass is 409 g/mol. The van der Waals surface area contributed by atoms with Gasteiger partial charge < -0.3 is 19.5 Å². The molecule has 2 aromatic rings. The summed E-state index contributed by atoms with van der Waals surface area (Å²) in [4.78, 5) is 12.6. The summed E-state index contributed by atoms with van der Waals surface area (Å²) in [6, 6.07) is 11.3. The number of rotatable bonds is 6. The van der Waals surface area contributed by atoms with Crippen LogP contribution >= 0.6 is 0 Å². The molecule has 0 spiro atoms. The van der Waals surface area contributed by atoms with E-state index < -0.39 is 24.1 Å². The SMILES string of the molecule is COc1ccc(Oc2ccc(N3CC(C(F)(F)F)CC3CC(=O)O)cc2)c(C)c1. The van der Waals surface area contributed by atoms with Gasteiger partial charge in [0.15, 0.2) is 0 Å². The molecule has 1 heterocycles. The first kappa shape index (κ1) is 20.8. The van der Waals surface area contributed by atoms with Gasteiger partial charge in [0.25, 0.3) is 0 Å². The van der Waals surface area contributed by atoms with Crippen LogP contribution in [0.4, 0.5) is 18.9 Å². The highest BCUT2D eigenvalue weighted by Gasteiger charge is 2.47. The highest BCUT2D eigenvalue weighted by atomic mass is 19.4. The standard InChI is InChI=1S/C21H22F3NO4/c1-13-9-18(28-2)7-8-19(13)29-17-5-3-15(4-6-17)25-12-14(21(22,23)24)10-16(25)11-20(26)27/h3-9,14,16H,10-12H2,1-2H3,(H,26,27). The largest absolute Gasteiger partial charge is 0.497 e. The molecule has 2 aromatic carbocycles. The minimum Gasteiger partial charge on any atom is -0.497 e. The Hall–Kier alpha value is -2.90. The zero-order chi connectivity index (χ0) is 21.2. The van der Waals surface area contributed by atoms with Crippen LogP contribution in [0, 0.1) is 12.8 Å². The molecular formula is C21H22F3NO4. The van der Waals surface area contributed by atoms with Crippen molar-refractivity contribution in [1.82, 2.24) is 0 Å². The second-order valence-corrected chi connectivity index (χ2v) is 7.11. The summed E-state index contributed by atoms with van der Waals surface area (Å²) in [6.07, 6.45) is -4.91. The number of anilines is 1. The van der Waals surface area contributed by atoms with Gasteiger partial charge in [0.2, 0.25) is 0 Å². The first-order valence-corrected chi connectivity index (χ1v) is 9.15. The van der Waals surface area contributed by atoms with Crippen molar-refractivity contribution >= 4 is 11.7 Å². The average Bonchev–Trinajstić information content (AvgIpc) is 3.07. The topological polar surface area (TPSA) is 59.0 Å². The number of aryl methyl sites for hydroxylation is 1. The molecule has 0 bridgehead atoms. The molecule has 1 aliphatic rings. The third kappa shape index (κ3) is 4.93. The Morgan fingerprint density at radius 1 is 1.17 bits per heavy atom. The first-order chi connectivity index (χ1) is 13.7. The number of carboxylic acid groups (broad SMARTS) is 1. The number of nitrogens with zero attached hydrogens (tertiary/aromatic N) is 1. The highest BCUT2D eigenvalue weighted by Crippen LogP contribution is 2.40. The summed E-state index contributed by atoms with van der Waals surface area (Å²) < 4.78 is 50.5. The number of carbonyl (C=O) groups is 1. The van der Waals surface area contributed by atoms with Crippen LogP contribution in [0.2, 0.25) is 0 Å². The smallest absolute Gasteiger partial charge is 0.393 e. The van der Waals surface area contributed by atoms with Crippen molar-refractivity contribution in [2.45, 2.75) is 32.0 Å². The van der Waals surface area contributed by atoms with Crippen molar-refractivity contribution in [1.29, 1.82) is 0 Å². The van der Waals surface area contributed by atoms with Gasteiger partial charge in [-0.2, -0.15) is 13.2 Å². The Bertz CT molecular complexity index is 867. The average molecular weight is 409 g/mol. The van der Waals surface area contributed by atoms with E-state index in [0.29, 0.717) is 22.9 Å². The van der Waals surface area contributed by atoms with Gasteiger partial charge >= 0.3 is 12.1 Å². The van der Waals surface area contributed by atoms with Gasteiger partial charge in [-0.05, 0) is 61.4 Å². The number of halogens is 3. The van der Waals surface area contributed by atoms with E-state index in [1.807, 2.05) is 13.0 Å². The molecule has 2 unspecified atom stereocenters. The van der Waals surface area contributed by atoms with E-state index in [1.54, 1.807) is 43.5 Å². The summed E-state index contributed by atoms with van der Waals surface area (Å²) in [5.74, 6) is -0.769. The molecule has 0 aliphatic carbocycles. The number of carboxylic acids is 1. The summed E-state index contributed by atoms with van der Waals surface area (Å²) in [7, 11) is 1.58. The molecule has 29 heavy (non-hydrogen) atoms. The fourth-order valence-electron chi connectivity index (χ4n) is 3.56. The zero-order valence-electron chi connectivity index (χ0n) is 16.1. The number of ether oxygens (including phenoxy) is 2. The van der Waals surface area contributed by atoms with Crippen molar-refractivity contribution in [2.75, 3.05) is 18.6 Å². The van der Waals surface area contributed by atoms with E-state index in [1.165, 1.54) is 4.90 Å².